The molecule has 0 radical (unpaired) electrons. The molecule has 8 nitrogen and oxygen atoms in total. The molecular weight excluding hydrogens is 774 g/mol. The van der Waals surface area contributed by atoms with Crippen molar-refractivity contribution in [3.05, 3.63) is 192 Å². The lowest BCUT2D eigenvalue weighted by atomic mass is 10.0. The van der Waals surface area contributed by atoms with Crippen LogP contribution in [0.5, 0.6) is 23.0 Å². The van der Waals surface area contributed by atoms with Crippen LogP contribution in [0.4, 0.5) is 4.39 Å². The molecule has 0 spiro atoms. The van der Waals surface area contributed by atoms with Gasteiger partial charge in [0.05, 0.1) is 17.1 Å². The van der Waals surface area contributed by atoms with Gasteiger partial charge in [0.2, 0.25) is 10.0 Å². The molecule has 7 rings (SSSR count). The summed E-state index contributed by atoms with van der Waals surface area (Å²) in [5.41, 5.74) is 4.57. The second-order valence-corrected chi connectivity index (χ2v) is 15.9. The predicted molar refractivity (Wildman–Crippen MR) is 235 cm³/mol. The molecule has 1 aromatic heterocycles. The molecule has 0 aliphatic carbocycles. The van der Waals surface area contributed by atoms with Gasteiger partial charge >= 0.3 is 0 Å². The smallest absolute Gasteiger partial charge is 0.238 e. The summed E-state index contributed by atoms with van der Waals surface area (Å²) < 4.78 is 52.2. The monoisotopic (exact) mass is 823 g/mol. The number of nitrogens with zero attached hydrogens (tertiary/aromatic N) is 2. The van der Waals surface area contributed by atoms with Gasteiger partial charge in [-0.2, -0.15) is 0 Å². The topological polar surface area (TPSA) is 114 Å². The number of benzene rings is 6. The van der Waals surface area contributed by atoms with Gasteiger partial charge in [-0.15, -0.1) is 0 Å². The van der Waals surface area contributed by atoms with Gasteiger partial charge in [0.1, 0.15) is 40.4 Å². The highest BCUT2D eigenvalue weighted by Gasteiger charge is 2.17. The van der Waals surface area contributed by atoms with Gasteiger partial charge in [0.25, 0.3) is 0 Å². The molecular formula is C50H50FN3O5S. The molecule has 60 heavy (non-hydrogen) atoms. The quantitative estimate of drug-likeness (QED) is 0.0978. The second kappa shape index (κ2) is 21.1. The van der Waals surface area contributed by atoms with E-state index in [1.54, 1.807) is 30.3 Å². The van der Waals surface area contributed by atoms with Crippen molar-refractivity contribution in [2.75, 3.05) is 0 Å². The summed E-state index contributed by atoms with van der Waals surface area (Å²) >= 11 is 0. The lowest BCUT2D eigenvalue weighted by Crippen LogP contribution is -2.13. The van der Waals surface area contributed by atoms with Crippen molar-refractivity contribution < 1.29 is 27.1 Å². The van der Waals surface area contributed by atoms with Crippen LogP contribution in [0, 0.1) is 5.82 Å². The maximum atomic E-state index is 14.8. The van der Waals surface area contributed by atoms with Crippen molar-refractivity contribution in [2.24, 2.45) is 5.14 Å². The fourth-order valence-corrected chi connectivity index (χ4v) is 7.45. The van der Waals surface area contributed by atoms with Crippen molar-refractivity contribution in [3.8, 4) is 34.1 Å². The fourth-order valence-electron chi connectivity index (χ4n) is 6.69. The third-order valence-electron chi connectivity index (χ3n) is 9.78. The Labute approximate surface area is 352 Å². The van der Waals surface area contributed by atoms with E-state index in [0.29, 0.717) is 48.9 Å². The van der Waals surface area contributed by atoms with Crippen molar-refractivity contribution in [2.45, 2.75) is 70.2 Å². The molecule has 0 atom stereocenters. The second-order valence-electron chi connectivity index (χ2n) is 14.4. The number of primary sulfonamides is 1. The number of carbonyl (C=O) groups is 1. The fraction of sp³-hybridized carbons (Fsp3) is 0.200. The zero-order valence-corrected chi connectivity index (χ0v) is 34.8. The third kappa shape index (κ3) is 12.6. The van der Waals surface area contributed by atoms with Gasteiger partial charge in [-0.25, -0.2) is 22.9 Å². The lowest BCUT2D eigenvalue weighted by molar-refractivity contribution is -0.119. The average Bonchev–Trinajstić information content (AvgIpc) is 3.65. The number of nitrogens with two attached hydrogens (primary N) is 1. The van der Waals surface area contributed by atoms with E-state index in [4.69, 9.17) is 14.6 Å². The number of halogens is 1. The SMILES string of the molecule is CCCc1nc(CC)cn1Cc1ccc(-c2ccccc2S(N)(=O)=O)cc1F.O=C(CCc1cccc(Oc2ccccc2)c1)CCc1cccc(Oc2ccccc2)c1. The zero-order chi connectivity index (χ0) is 42.3. The van der Waals surface area contributed by atoms with Crippen molar-refractivity contribution >= 4 is 15.8 Å². The van der Waals surface area contributed by atoms with Gasteiger partial charge in [0, 0.05) is 36.6 Å². The molecule has 0 bridgehead atoms. The molecule has 6 aromatic carbocycles. The van der Waals surface area contributed by atoms with E-state index in [1.165, 1.54) is 12.1 Å². The number of Topliss-reactive ketones (excluding diaryl/α,β-unsaturated/α-hetero) is 1. The molecule has 0 aliphatic rings. The summed E-state index contributed by atoms with van der Waals surface area (Å²) in [5.74, 6) is 4.00. The number of aryl methyl sites for hydroxylation is 4. The number of hydrogen-bond donors (Lipinski definition) is 1. The van der Waals surface area contributed by atoms with Crippen LogP contribution in [0.3, 0.4) is 0 Å². The number of ether oxygens (including phenoxy) is 2. The van der Waals surface area contributed by atoms with E-state index in [-0.39, 0.29) is 10.7 Å². The van der Waals surface area contributed by atoms with Crippen molar-refractivity contribution in [1.82, 2.24) is 9.55 Å². The number of ketones is 1. The molecule has 0 saturated heterocycles. The van der Waals surface area contributed by atoms with Crippen LogP contribution >= 0.6 is 0 Å². The van der Waals surface area contributed by atoms with Crippen LogP contribution in [0.25, 0.3) is 11.1 Å². The molecule has 0 unspecified atom stereocenters. The van der Waals surface area contributed by atoms with Gasteiger partial charge in [0.15, 0.2) is 0 Å². The van der Waals surface area contributed by atoms with Crippen molar-refractivity contribution in [1.29, 1.82) is 0 Å². The van der Waals surface area contributed by atoms with Gasteiger partial charge < -0.3 is 14.0 Å². The Kier molecular flexibility index (Phi) is 15.2. The Morgan fingerprint density at radius 2 is 1.22 bits per heavy atom. The Hall–Kier alpha value is -6.36. The highest BCUT2D eigenvalue weighted by atomic mass is 32.2. The molecule has 10 heteroatoms. The average molecular weight is 824 g/mol. The Morgan fingerprint density at radius 3 is 1.75 bits per heavy atom. The van der Waals surface area contributed by atoms with Crippen LogP contribution in [-0.4, -0.2) is 23.8 Å². The van der Waals surface area contributed by atoms with E-state index in [2.05, 4.69) is 11.9 Å². The first-order chi connectivity index (χ1) is 29.1. The zero-order valence-electron chi connectivity index (χ0n) is 34.0. The minimum Gasteiger partial charge on any atom is -0.457 e. The van der Waals surface area contributed by atoms with E-state index >= 15 is 0 Å². The number of para-hydroxylation sites is 2. The maximum Gasteiger partial charge on any atom is 0.238 e. The highest BCUT2D eigenvalue weighted by Crippen LogP contribution is 2.29. The summed E-state index contributed by atoms with van der Waals surface area (Å²) in [5, 5.41) is 5.29. The van der Waals surface area contributed by atoms with Crippen LogP contribution in [0.1, 0.15) is 61.3 Å². The molecule has 1 heterocycles. The summed E-state index contributed by atoms with van der Waals surface area (Å²) in [6.07, 6.45) is 7.06. The first kappa shape index (κ1) is 43.2. The van der Waals surface area contributed by atoms with Crippen LogP contribution < -0.4 is 14.6 Å². The Bertz CT molecular complexity index is 2500. The maximum absolute atomic E-state index is 14.8. The Balaban J connectivity index is 0.000000203. The van der Waals surface area contributed by atoms with E-state index in [9.17, 15) is 17.6 Å². The number of rotatable bonds is 17. The van der Waals surface area contributed by atoms with Crippen LogP contribution in [0.2, 0.25) is 0 Å². The standard InChI is InChI=1S/C29H26O3.C21H24FN3O2S/c30-25(19-17-23-9-7-15-28(21-23)31-26-11-3-1-4-12-26)20-18-24-10-8-16-29(22-24)32-27-13-5-2-6-14-27;1-3-7-21-24-17(4-2)14-25(21)13-16-11-10-15(12-19(16)22)18-8-5-6-9-20(18)28(23,26)27/h1-16,21-22H,17-20H2;5-6,8-12,14H,3-4,7,13H2,1-2H3,(H2,23,26,27). The van der Waals surface area contributed by atoms with E-state index < -0.39 is 15.8 Å². The van der Waals surface area contributed by atoms with Gasteiger partial charge in [-0.3, -0.25) is 4.79 Å². The van der Waals surface area contributed by atoms with E-state index in [1.807, 2.05) is 127 Å². The summed E-state index contributed by atoms with van der Waals surface area (Å²) in [7, 11) is -3.90. The summed E-state index contributed by atoms with van der Waals surface area (Å²) in [6.45, 7) is 4.51. The van der Waals surface area contributed by atoms with Crippen LogP contribution in [0.15, 0.2) is 163 Å². The third-order valence-corrected chi connectivity index (χ3v) is 10.8. The molecule has 0 amide bonds. The number of imidazole rings is 1. The molecule has 0 fully saturated rings. The molecule has 308 valence electrons. The molecule has 7 aromatic rings. The molecule has 0 aliphatic heterocycles. The lowest BCUT2D eigenvalue weighted by Gasteiger charge is -2.11. The van der Waals surface area contributed by atoms with Gasteiger partial charge in [-0.1, -0.05) is 105 Å². The number of carbonyl (C=O) groups excluding carboxylic acids is 1. The largest absolute Gasteiger partial charge is 0.457 e. The normalized spacial score (nSPS) is 11.1. The Morgan fingerprint density at radius 1 is 0.667 bits per heavy atom. The molecule has 0 saturated carbocycles. The number of aromatic nitrogens is 2. The highest BCUT2D eigenvalue weighted by molar-refractivity contribution is 7.89. The number of hydrogen-bond acceptors (Lipinski definition) is 6. The van der Waals surface area contributed by atoms with Crippen LogP contribution in [-0.2, 0) is 47.0 Å². The predicted octanol–water partition coefficient (Wildman–Crippen LogP) is 11.3. The summed E-state index contributed by atoms with van der Waals surface area (Å²) in [4.78, 5) is 17.1. The van der Waals surface area contributed by atoms with Crippen molar-refractivity contribution in [3.63, 3.8) is 0 Å². The first-order valence-corrected chi connectivity index (χ1v) is 21.7. The van der Waals surface area contributed by atoms with E-state index in [0.717, 1.165) is 64.9 Å². The summed E-state index contributed by atoms with van der Waals surface area (Å²) in [6, 6.07) is 46.4. The molecule has 2 N–H and O–H groups in total. The minimum absolute atomic E-state index is 0.0189. The first-order valence-electron chi connectivity index (χ1n) is 20.2. The van der Waals surface area contributed by atoms with Gasteiger partial charge in [-0.05, 0) is 103 Å². The number of sulfonamides is 1. The minimum atomic E-state index is -3.90.